The number of anilines is 1. The minimum absolute atomic E-state index is 0.125. The summed E-state index contributed by atoms with van der Waals surface area (Å²) in [5.74, 6) is -0.269. The predicted molar refractivity (Wildman–Crippen MR) is 94.5 cm³/mol. The van der Waals surface area contributed by atoms with Gasteiger partial charge < -0.3 is 15.6 Å². The zero-order valence-corrected chi connectivity index (χ0v) is 14.1. The second-order valence-corrected chi connectivity index (χ2v) is 6.85. The fraction of sp³-hybridized carbons (Fsp3) is 0.400. The maximum atomic E-state index is 12.5. The molecule has 130 valence electrons. The van der Waals surface area contributed by atoms with Gasteiger partial charge in [0.25, 0.3) is 0 Å². The molecule has 0 amide bonds. The lowest BCUT2D eigenvalue weighted by Gasteiger charge is -2.29. The van der Waals surface area contributed by atoms with Gasteiger partial charge in [0.15, 0.2) is 0 Å². The van der Waals surface area contributed by atoms with Gasteiger partial charge in [-0.2, -0.15) is 0 Å². The van der Waals surface area contributed by atoms with Gasteiger partial charge in [-0.1, -0.05) is 0 Å². The Hall–Kier alpha value is -2.56. The summed E-state index contributed by atoms with van der Waals surface area (Å²) in [5, 5.41) is 9.36. The van der Waals surface area contributed by atoms with Crippen LogP contribution >= 0.6 is 0 Å². The van der Waals surface area contributed by atoms with E-state index < -0.39 is 5.97 Å². The zero-order chi connectivity index (χ0) is 17.4. The lowest BCUT2D eigenvalue weighted by molar-refractivity contribution is 0.0256. The minimum Gasteiger partial charge on any atom is -0.508 e. The molecule has 1 unspecified atom stereocenters. The highest BCUT2D eigenvalue weighted by atomic mass is 16.5. The number of aryl methyl sites for hydroxylation is 2. The molecule has 1 heterocycles. The van der Waals surface area contributed by atoms with Crippen LogP contribution < -0.4 is 5.73 Å². The fourth-order valence-corrected chi connectivity index (χ4v) is 3.91. The molecule has 0 radical (unpaired) electrons. The van der Waals surface area contributed by atoms with Gasteiger partial charge >= 0.3 is 5.97 Å². The zero-order valence-electron chi connectivity index (χ0n) is 14.1. The number of nitrogens with two attached hydrogens (primary N) is 1. The monoisotopic (exact) mass is 338 g/mol. The largest absolute Gasteiger partial charge is 0.508 e. The van der Waals surface area contributed by atoms with E-state index in [0.29, 0.717) is 5.56 Å². The summed E-state index contributed by atoms with van der Waals surface area (Å²) in [6, 6.07) is 6.10. The third-order valence-electron chi connectivity index (χ3n) is 5.19. The van der Waals surface area contributed by atoms with Crippen LogP contribution in [0.25, 0.3) is 0 Å². The number of aromatic nitrogens is 1. The Kier molecular flexibility index (Phi) is 4.07. The highest BCUT2D eigenvalue weighted by Gasteiger charge is 2.30. The number of fused-ring (bicyclic) bond motifs is 2. The summed E-state index contributed by atoms with van der Waals surface area (Å²) in [4.78, 5) is 17.3. The first-order valence-electron chi connectivity index (χ1n) is 8.93. The molecule has 5 nitrogen and oxygen atoms in total. The highest BCUT2D eigenvalue weighted by molar-refractivity contribution is 5.89. The van der Waals surface area contributed by atoms with Crippen LogP contribution in [0.1, 0.15) is 64.7 Å². The molecule has 2 aliphatic rings. The van der Waals surface area contributed by atoms with E-state index >= 15 is 0 Å². The molecule has 4 rings (SSSR count). The number of nitrogens with zero attached hydrogens (tertiary/aromatic N) is 1. The Morgan fingerprint density at radius 3 is 2.60 bits per heavy atom. The second kappa shape index (κ2) is 6.39. The van der Waals surface area contributed by atoms with Gasteiger partial charge in [-0.25, -0.2) is 4.79 Å². The summed E-state index contributed by atoms with van der Waals surface area (Å²) < 4.78 is 5.78. The molecular weight excluding hydrogens is 316 g/mol. The number of phenolic OH excluding ortho intramolecular Hbond substituents is 1. The Morgan fingerprint density at radius 2 is 1.80 bits per heavy atom. The third kappa shape index (κ3) is 2.95. The van der Waals surface area contributed by atoms with Crippen LogP contribution in [0.3, 0.4) is 0 Å². The molecule has 0 spiro atoms. The molecule has 0 saturated heterocycles. The first-order valence-corrected chi connectivity index (χ1v) is 8.93. The molecule has 1 aromatic heterocycles. The molecule has 25 heavy (non-hydrogen) atoms. The summed E-state index contributed by atoms with van der Waals surface area (Å²) >= 11 is 0. The van der Waals surface area contributed by atoms with E-state index in [2.05, 4.69) is 0 Å². The number of hydrogen-bond acceptors (Lipinski definition) is 5. The van der Waals surface area contributed by atoms with E-state index in [1.165, 1.54) is 12.1 Å². The SMILES string of the molecule is Nc1c2c(nc3c1C(OC(=O)c1ccc(O)cc1)CCC3)CCCC2. The molecule has 3 N–H and O–H groups in total. The first-order chi connectivity index (χ1) is 12.1. The number of hydrogen-bond donors (Lipinski definition) is 2. The topological polar surface area (TPSA) is 85.4 Å². The van der Waals surface area contributed by atoms with Gasteiger partial charge in [0.05, 0.1) is 5.56 Å². The lowest BCUT2D eigenvalue weighted by Crippen LogP contribution is -2.23. The van der Waals surface area contributed by atoms with Crippen molar-refractivity contribution in [1.29, 1.82) is 0 Å². The maximum absolute atomic E-state index is 12.5. The predicted octanol–water partition coefficient (Wildman–Crippen LogP) is 3.48. The fourth-order valence-electron chi connectivity index (χ4n) is 3.91. The molecular formula is C20H22N2O3. The van der Waals surface area contributed by atoms with E-state index in [1.54, 1.807) is 12.1 Å². The van der Waals surface area contributed by atoms with Crippen molar-refractivity contribution in [2.75, 3.05) is 5.73 Å². The van der Waals surface area contributed by atoms with Crippen molar-refractivity contribution >= 4 is 11.7 Å². The van der Waals surface area contributed by atoms with Crippen LogP contribution in [0.2, 0.25) is 0 Å². The van der Waals surface area contributed by atoms with Crippen molar-refractivity contribution < 1.29 is 14.6 Å². The van der Waals surface area contributed by atoms with Gasteiger partial charge in [-0.15, -0.1) is 0 Å². The van der Waals surface area contributed by atoms with Crippen LogP contribution in [-0.2, 0) is 24.0 Å². The Bertz CT molecular complexity index is 815. The van der Waals surface area contributed by atoms with Gasteiger partial charge in [0.2, 0.25) is 0 Å². The highest BCUT2D eigenvalue weighted by Crippen LogP contribution is 2.40. The van der Waals surface area contributed by atoms with Crippen molar-refractivity contribution in [2.24, 2.45) is 0 Å². The molecule has 5 heteroatoms. The van der Waals surface area contributed by atoms with Gasteiger partial charge in [-0.3, -0.25) is 4.98 Å². The maximum Gasteiger partial charge on any atom is 0.338 e. The molecule has 2 aromatic rings. The number of phenols is 1. The number of rotatable bonds is 2. The third-order valence-corrected chi connectivity index (χ3v) is 5.19. The van der Waals surface area contributed by atoms with E-state index in [9.17, 15) is 9.90 Å². The van der Waals surface area contributed by atoms with Gasteiger partial charge in [0, 0.05) is 22.6 Å². The molecule has 0 fully saturated rings. The Labute approximate surface area is 146 Å². The quantitative estimate of drug-likeness (QED) is 0.819. The summed E-state index contributed by atoms with van der Waals surface area (Å²) in [5.41, 5.74) is 11.9. The van der Waals surface area contributed by atoms with Crippen molar-refractivity contribution in [1.82, 2.24) is 4.98 Å². The van der Waals surface area contributed by atoms with Gasteiger partial charge in [-0.05, 0) is 74.8 Å². The van der Waals surface area contributed by atoms with E-state index in [1.807, 2.05) is 0 Å². The number of carbonyl (C=O) groups is 1. The minimum atomic E-state index is -0.394. The number of esters is 1. The van der Waals surface area contributed by atoms with E-state index in [-0.39, 0.29) is 11.9 Å². The summed E-state index contributed by atoms with van der Waals surface area (Å²) in [6.07, 6.45) is 6.50. The second-order valence-electron chi connectivity index (χ2n) is 6.85. The lowest BCUT2D eigenvalue weighted by atomic mass is 9.86. The van der Waals surface area contributed by atoms with Crippen molar-refractivity contribution in [3.63, 3.8) is 0 Å². The average Bonchev–Trinajstić information content (AvgIpc) is 2.62. The van der Waals surface area contributed by atoms with Crippen LogP contribution in [0.15, 0.2) is 24.3 Å². The molecule has 0 aliphatic heterocycles. The smallest absolute Gasteiger partial charge is 0.338 e. The van der Waals surface area contributed by atoms with E-state index in [4.69, 9.17) is 15.5 Å². The van der Waals surface area contributed by atoms with Crippen LogP contribution in [0.4, 0.5) is 5.69 Å². The molecule has 1 atom stereocenters. The summed E-state index contributed by atoms with van der Waals surface area (Å²) in [7, 11) is 0. The van der Waals surface area contributed by atoms with Crippen molar-refractivity contribution in [3.05, 3.63) is 52.3 Å². The van der Waals surface area contributed by atoms with E-state index in [0.717, 1.165) is 73.1 Å². The van der Waals surface area contributed by atoms with Crippen LogP contribution in [0.5, 0.6) is 5.75 Å². The van der Waals surface area contributed by atoms with Crippen molar-refractivity contribution in [3.8, 4) is 5.75 Å². The van der Waals surface area contributed by atoms with Crippen LogP contribution in [0, 0.1) is 0 Å². The number of nitrogen functional groups attached to an aromatic ring is 1. The number of carbonyl (C=O) groups excluding carboxylic acids is 1. The molecule has 1 aromatic carbocycles. The molecule has 0 bridgehead atoms. The van der Waals surface area contributed by atoms with Gasteiger partial charge in [0.1, 0.15) is 11.9 Å². The number of ether oxygens (including phenoxy) is 1. The normalized spacial score (nSPS) is 19.0. The average molecular weight is 338 g/mol. The Morgan fingerprint density at radius 1 is 1.08 bits per heavy atom. The number of benzene rings is 1. The Balaban J connectivity index is 1.65. The van der Waals surface area contributed by atoms with Crippen molar-refractivity contribution in [2.45, 2.75) is 51.0 Å². The standard InChI is InChI=1S/C20H22N2O3/c21-19-14-4-1-2-5-15(14)22-16-6-3-7-17(18(16)19)25-20(24)12-8-10-13(23)11-9-12/h8-11,17,23H,1-7H2,(H2,21,22). The number of aromatic hydroxyl groups is 1. The number of pyridine rings is 1. The van der Waals surface area contributed by atoms with Crippen LogP contribution in [-0.4, -0.2) is 16.1 Å². The summed E-state index contributed by atoms with van der Waals surface area (Å²) in [6.45, 7) is 0. The molecule has 2 aliphatic carbocycles. The molecule has 0 saturated carbocycles. The first kappa shape index (κ1) is 15.9.